The molecule has 0 saturated carbocycles. The first-order chi connectivity index (χ1) is 14.6. The Hall–Kier alpha value is -2.53. The maximum atomic E-state index is 12.3. The van der Waals surface area contributed by atoms with E-state index < -0.39 is 0 Å². The first kappa shape index (κ1) is 22.2. The van der Waals surface area contributed by atoms with Crippen LogP contribution in [0.5, 0.6) is 5.75 Å². The lowest BCUT2D eigenvalue weighted by atomic mass is 9.98. The molecule has 2 aromatic rings. The highest BCUT2D eigenvalue weighted by atomic mass is 16.5. The zero-order valence-corrected chi connectivity index (χ0v) is 18.5. The van der Waals surface area contributed by atoms with Gasteiger partial charge in [0.05, 0.1) is 0 Å². The number of benzene rings is 2. The van der Waals surface area contributed by atoms with Crippen molar-refractivity contribution in [2.24, 2.45) is 0 Å². The minimum absolute atomic E-state index is 0.0575. The van der Waals surface area contributed by atoms with E-state index in [0.717, 1.165) is 43.9 Å². The van der Waals surface area contributed by atoms with E-state index >= 15 is 0 Å². The van der Waals surface area contributed by atoms with Gasteiger partial charge >= 0.3 is 0 Å². The number of piperazine rings is 1. The van der Waals surface area contributed by atoms with E-state index in [1.165, 1.54) is 5.69 Å². The third kappa shape index (κ3) is 5.99. The number of nitrogens with zero attached hydrogens (tertiary/aromatic N) is 2. The van der Waals surface area contributed by atoms with Crippen molar-refractivity contribution >= 4 is 11.6 Å². The molecule has 1 fully saturated rings. The zero-order valence-electron chi connectivity index (χ0n) is 18.5. The SMILES string of the molecule is CCC(C)c1ccccc1OCC(=O)NCC(C)N1CCN(c2ccccc2)CC1. The number of hydrogen-bond acceptors (Lipinski definition) is 4. The molecule has 30 heavy (non-hydrogen) atoms. The minimum atomic E-state index is -0.0660. The zero-order chi connectivity index (χ0) is 21.3. The fraction of sp³-hybridized carbons (Fsp3) is 0.480. The lowest BCUT2D eigenvalue weighted by Crippen LogP contribution is -2.52. The summed E-state index contributed by atoms with van der Waals surface area (Å²) in [5, 5.41) is 3.04. The van der Waals surface area contributed by atoms with E-state index in [2.05, 4.69) is 72.3 Å². The van der Waals surface area contributed by atoms with Crippen molar-refractivity contribution < 1.29 is 9.53 Å². The molecule has 1 amide bonds. The molecule has 0 bridgehead atoms. The Balaban J connectivity index is 1.40. The summed E-state index contributed by atoms with van der Waals surface area (Å²) in [6.07, 6.45) is 1.04. The van der Waals surface area contributed by atoms with E-state index in [9.17, 15) is 4.79 Å². The van der Waals surface area contributed by atoms with Gasteiger partial charge in [0.25, 0.3) is 5.91 Å². The van der Waals surface area contributed by atoms with E-state index in [1.54, 1.807) is 0 Å². The lowest BCUT2D eigenvalue weighted by molar-refractivity contribution is -0.123. The van der Waals surface area contributed by atoms with Crippen LogP contribution in [-0.4, -0.2) is 56.2 Å². The number of carbonyl (C=O) groups is 1. The Morgan fingerprint density at radius 2 is 1.67 bits per heavy atom. The van der Waals surface area contributed by atoms with Gasteiger partial charge in [0.15, 0.2) is 6.61 Å². The minimum Gasteiger partial charge on any atom is -0.483 e. The Morgan fingerprint density at radius 1 is 1.00 bits per heavy atom. The highest BCUT2D eigenvalue weighted by Crippen LogP contribution is 2.28. The summed E-state index contributed by atoms with van der Waals surface area (Å²) >= 11 is 0. The maximum absolute atomic E-state index is 12.3. The monoisotopic (exact) mass is 409 g/mol. The van der Waals surface area contributed by atoms with Crippen LogP contribution in [0.1, 0.15) is 38.7 Å². The molecule has 1 saturated heterocycles. The molecule has 3 rings (SSSR count). The number of rotatable bonds is 9. The number of hydrogen-bond donors (Lipinski definition) is 1. The van der Waals surface area contributed by atoms with Crippen molar-refractivity contribution in [3.63, 3.8) is 0 Å². The van der Waals surface area contributed by atoms with Crippen molar-refractivity contribution in [2.75, 3.05) is 44.2 Å². The van der Waals surface area contributed by atoms with Crippen molar-refractivity contribution in [1.29, 1.82) is 0 Å². The lowest BCUT2D eigenvalue weighted by Gasteiger charge is -2.39. The molecule has 1 aliphatic rings. The number of carbonyl (C=O) groups excluding carboxylic acids is 1. The number of amides is 1. The summed E-state index contributed by atoms with van der Waals surface area (Å²) in [6, 6.07) is 18.9. The average molecular weight is 410 g/mol. The quantitative estimate of drug-likeness (QED) is 0.682. The van der Waals surface area contributed by atoms with Gasteiger partial charge in [-0.2, -0.15) is 0 Å². The molecule has 1 heterocycles. The van der Waals surface area contributed by atoms with E-state index in [4.69, 9.17) is 4.74 Å². The Labute approximate surface area is 181 Å². The standard InChI is InChI=1S/C25H35N3O2/c1-4-20(2)23-12-8-9-13-24(23)30-19-25(29)26-18-21(3)27-14-16-28(17-15-27)22-10-6-5-7-11-22/h5-13,20-21H,4,14-19H2,1-3H3,(H,26,29). The summed E-state index contributed by atoms with van der Waals surface area (Å²) < 4.78 is 5.83. The molecule has 0 radical (unpaired) electrons. The Morgan fingerprint density at radius 3 is 2.37 bits per heavy atom. The van der Waals surface area contributed by atoms with Crippen LogP contribution in [0, 0.1) is 0 Å². The molecule has 0 aliphatic carbocycles. The summed E-state index contributed by atoms with van der Waals surface area (Å²) in [7, 11) is 0. The van der Waals surface area contributed by atoms with Gasteiger partial charge in [0.1, 0.15) is 5.75 Å². The van der Waals surface area contributed by atoms with Crippen LogP contribution < -0.4 is 15.0 Å². The average Bonchev–Trinajstić information content (AvgIpc) is 2.81. The molecular weight excluding hydrogens is 374 g/mol. The summed E-state index contributed by atoms with van der Waals surface area (Å²) in [4.78, 5) is 17.2. The fourth-order valence-electron chi connectivity index (χ4n) is 3.88. The second kappa shape index (κ2) is 11.0. The largest absolute Gasteiger partial charge is 0.483 e. The molecule has 5 nitrogen and oxygen atoms in total. The molecule has 0 aromatic heterocycles. The third-order valence-electron chi connectivity index (χ3n) is 6.07. The van der Waals surface area contributed by atoms with Crippen molar-refractivity contribution in [2.45, 2.75) is 39.2 Å². The molecule has 2 unspecified atom stereocenters. The normalized spacial score (nSPS) is 16.7. The number of anilines is 1. The van der Waals surface area contributed by atoms with Gasteiger partial charge in [-0.15, -0.1) is 0 Å². The van der Waals surface area contributed by atoms with Crippen LogP contribution >= 0.6 is 0 Å². The molecule has 1 aliphatic heterocycles. The second-order valence-electron chi connectivity index (χ2n) is 8.15. The van der Waals surface area contributed by atoms with E-state index in [0.29, 0.717) is 18.5 Å². The first-order valence-corrected chi connectivity index (χ1v) is 11.1. The topological polar surface area (TPSA) is 44.8 Å². The molecule has 2 aromatic carbocycles. The van der Waals surface area contributed by atoms with Gasteiger partial charge in [-0.1, -0.05) is 50.2 Å². The summed E-state index contributed by atoms with van der Waals surface area (Å²) in [6.45, 7) is 11.3. The van der Waals surface area contributed by atoms with Crippen molar-refractivity contribution in [1.82, 2.24) is 10.2 Å². The fourth-order valence-corrected chi connectivity index (χ4v) is 3.88. The van der Waals surface area contributed by atoms with Crippen LogP contribution in [-0.2, 0) is 4.79 Å². The highest BCUT2D eigenvalue weighted by molar-refractivity contribution is 5.77. The molecule has 162 valence electrons. The van der Waals surface area contributed by atoms with Gasteiger partial charge in [0, 0.05) is 44.5 Å². The molecule has 5 heteroatoms. The van der Waals surface area contributed by atoms with Crippen LogP contribution in [0.4, 0.5) is 5.69 Å². The van der Waals surface area contributed by atoms with Crippen LogP contribution in [0.25, 0.3) is 0 Å². The first-order valence-electron chi connectivity index (χ1n) is 11.1. The Bertz CT molecular complexity index is 788. The maximum Gasteiger partial charge on any atom is 0.257 e. The highest BCUT2D eigenvalue weighted by Gasteiger charge is 2.21. The van der Waals surface area contributed by atoms with Crippen LogP contribution in [0.2, 0.25) is 0 Å². The predicted molar refractivity (Wildman–Crippen MR) is 123 cm³/mol. The second-order valence-corrected chi connectivity index (χ2v) is 8.15. The summed E-state index contributed by atoms with van der Waals surface area (Å²) in [5.41, 5.74) is 2.45. The van der Waals surface area contributed by atoms with Gasteiger partial charge in [-0.25, -0.2) is 0 Å². The van der Waals surface area contributed by atoms with Gasteiger partial charge in [-0.05, 0) is 43.0 Å². The van der Waals surface area contributed by atoms with E-state index in [-0.39, 0.29) is 12.5 Å². The van der Waals surface area contributed by atoms with Crippen LogP contribution in [0.3, 0.4) is 0 Å². The third-order valence-corrected chi connectivity index (χ3v) is 6.07. The van der Waals surface area contributed by atoms with Gasteiger partial charge in [0.2, 0.25) is 0 Å². The number of para-hydroxylation sites is 2. The van der Waals surface area contributed by atoms with Crippen molar-refractivity contribution in [3.8, 4) is 5.75 Å². The van der Waals surface area contributed by atoms with E-state index in [1.807, 2.05) is 18.2 Å². The Kier molecular flexibility index (Phi) is 8.14. The number of nitrogens with one attached hydrogen (secondary N) is 1. The van der Waals surface area contributed by atoms with Crippen LogP contribution in [0.15, 0.2) is 54.6 Å². The molecular formula is C25H35N3O2. The predicted octanol–water partition coefficient (Wildman–Crippen LogP) is 3.91. The van der Waals surface area contributed by atoms with Gasteiger partial charge in [-0.3, -0.25) is 9.69 Å². The molecule has 1 N–H and O–H groups in total. The molecule has 0 spiro atoms. The number of ether oxygens (including phenoxy) is 1. The smallest absolute Gasteiger partial charge is 0.257 e. The molecule has 2 atom stereocenters. The van der Waals surface area contributed by atoms with Gasteiger partial charge < -0.3 is 15.0 Å². The summed E-state index contributed by atoms with van der Waals surface area (Å²) in [5.74, 6) is 1.16. The van der Waals surface area contributed by atoms with Crippen molar-refractivity contribution in [3.05, 3.63) is 60.2 Å².